The number of aryl methyl sites for hydroxylation is 1. The SMILES string of the molecule is Cc1ncn(C(CO)C(C)N)c1C. The van der Waals surface area contributed by atoms with Gasteiger partial charge in [0.25, 0.3) is 0 Å². The first-order chi connectivity index (χ1) is 6.07. The van der Waals surface area contributed by atoms with Gasteiger partial charge in [-0.3, -0.25) is 0 Å². The molecule has 3 N–H and O–H groups in total. The molecular weight excluding hydrogens is 166 g/mol. The molecule has 4 nitrogen and oxygen atoms in total. The summed E-state index contributed by atoms with van der Waals surface area (Å²) in [5.74, 6) is 0. The first kappa shape index (κ1) is 10.2. The van der Waals surface area contributed by atoms with Crippen LogP contribution in [0.5, 0.6) is 0 Å². The Morgan fingerprint density at radius 3 is 2.54 bits per heavy atom. The molecule has 0 aliphatic carbocycles. The van der Waals surface area contributed by atoms with Gasteiger partial charge in [0.15, 0.2) is 0 Å². The second-order valence-electron chi connectivity index (χ2n) is 3.43. The molecule has 0 aromatic carbocycles. The molecule has 0 bridgehead atoms. The Morgan fingerprint density at radius 1 is 1.62 bits per heavy atom. The smallest absolute Gasteiger partial charge is 0.0955 e. The number of imidazole rings is 1. The maximum absolute atomic E-state index is 9.15. The maximum Gasteiger partial charge on any atom is 0.0955 e. The molecule has 0 fully saturated rings. The Bertz CT molecular complexity index is 280. The second kappa shape index (κ2) is 3.89. The van der Waals surface area contributed by atoms with E-state index in [-0.39, 0.29) is 18.7 Å². The number of nitrogens with zero attached hydrogens (tertiary/aromatic N) is 2. The molecule has 1 rings (SSSR count). The Balaban J connectivity index is 2.98. The largest absolute Gasteiger partial charge is 0.394 e. The van der Waals surface area contributed by atoms with Gasteiger partial charge < -0.3 is 15.4 Å². The number of hydrogen-bond acceptors (Lipinski definition) is 3. The molecule has 1 heterocycles. The van der Waals surface area contributed by atoms with Crippen LogP contribution in [0, 0.1) is 13.8 Å². The topological polar surface area (TPSA) is 64.1 Å². The first-order valence-electron chi connectivity index (χ1n) is 4.44. The average Bonchev–Trinajstić information content (AvgIpc) is 2.37. The van der Waals surface area contributed by atoms with E-state index < -0.39 is 0 Å². The lowest BCUT2D eigenvalue weighted by atomic mass is 10.1. The van der Waals surface area contributed by atoms with Crippen LogP contribution in [0.1, 0.15) is 24.4 Å². The van der Waals surface area contributed by atoms with Crippen molar-refractivity contribution in [2.45, 2.75) is 32.9 Å². The lowest BCUT2D eigenvalue weighted by Crippen LogP contribution is -2.32. The molecule has 2 unspecified atom stereocenters. The highest BCUT2D eigenvalue weighted by atomic mass is 16.3. The van der Waals surface area contributed by atoms with E-state index >= 15 is 0 Å². The van der Waals surface area contributed by atoms with E-state index in [0.29, 0.717) is 0 Å². The molecule has 4 heteroatoms. The fourth-order valence-electron chi connectivity index (χ4n) is 1.36. The van der Waals surface area contributed by atoms with Crippen LogP contribution in [0.25, 0.3) is 0 Å². The van der Waals surface area contributed by atoms with Crippen LogP contribution in [0.3, 0.4) is 0 Å². The van der Waals surface area contributed by atoms with E-state index in [1.54, 1.807) is 6.33 Å². The standard InChI is InChI=1S/C9H17N3O/c1-6(10)9(4-13)12-5-11-7(2)8(12)3/h5-6,9,13H,4,10H2,1-3H3. The lowest BCUT2D eigenvalue weighted by molar-refractivity contribution is 0.209. The maximum atomic E-state index is 9.15. The van der Waals surface area contributed by atoms with Gasteiger partial charge in [-0.1, -0.05) is 0 Å². The summed E-state index contributed by atoms with van der Waals surface area (Å²) in [5, 5.41) is 9.15. The Morgan fingerprint density at radius 2 is 2.23 bits per heavy atom. The summed E-state index contributed by atoms with van der Waals surface area (Å²) in [4.78, 5) is 4.16. The molecule has 0 saturated heterocycles. The van der Waals surface area contributed by atoms with Gasteiger partial charge >= 0.3 is 0 Å². The summed E-state index contributed by atoms with van der Waals surface area (Å²) in [6, 6.07) is -0.140. The number of aliphatic hydroxyl groups excluding tert-OH is 1. The Hall–Kier alpha value is -0.870. The van der Waals surface area contributed by atoms with Gasteiger partial charge in [-0.2, -0.15) is 0 Å². The van der Waals surface area contributed by atoms with Crippen molar-refractivity contribution >= 4 is 0 Å². The number of rotatable bonds is 3. The Labute approximate surface area is 78.4 Å². The molecule has 1 aromatic rings. The highest BCUT2D eigenvalue weighted by molar-refractivity contribution is 5.10. The van der Waals surface area contributed by atoms with Crippen LogP contribution < -0.4 is 5.73 Å². The third kappa shape index (κ3) is 1.89. The first-order valence-corrected chi connectivity index (χ1v) is 4.44. The summed E-state index contributed by atoms with van der Waals surface area (Å²) in [6.07, 6.45) is 1.73. The third-order valence-electron chi connectivity index (χ3n) is 2.44. The molecular formula is C9H17N3O. The zero-order chi connectivity index (χ0) is 10.0. The van der Waals surface area contributed by atoms with Crippen LogP contribution in [-0.2, 0) is 0 Å². The van der Waals surface area contributed by atoms with Crippen molar-refractivity contribution in [2.24, 2.45) is 5.73 Å². The van der Waals surface area contributed by atoms with Crippen molar-refractivity contribution in [3.63, 3.8) is 0 Å². The zero-order valence-electron chi connectivity index (χ0n) is 8.36. The summed E-state index contributed by atoms with van der Waals surface area (Å²) in [6.45, 7) is 5.86. The molecule has 0 aliphatic rings. The molecule has 0 radical (unpaired) electrons. The van der Waals surface area contributed by atoms with Gasteiger partial charge in [0, 0.05) is 11.7 Å². The normalized spacial score (nSPS) is 15.8. The summed E-state index contributed by atoms with van der Waals surface area (Å²) >= 11 is 0. The number of aliphatic hydroxyl groups is 1. The predicted octanol–water partition coefficient (Wildman–Crippen LogP) is 0.381. The van der Waals surface area contributed by atoms with Crippen LogP contribution in [0.2, 0.25) is 0 Å². The minimum atomic E-state index is -0.0719. The number of hydrogen-bond donors (Lipinski definition) is 2. The minimum Gasteiger partial charge on any atom is -0.394 e. The third-order valence-corrected chi connectivity index (χ3v) is 2.44. The highest BCUT2D eigenvalue weighted by Gasteiger charge is 2.16. The van der Waals surface area contributed by atoms with Gasteiger partial charge in [-0.05, 0) is 20.8 Å². The van der Waals surface area contributed by atoms with Crippen molar-refractivity contribution in [2.75, 3.05) is 6.61 Å². The molecule has 0 spiro atoms. The van der Waals surface area contributed by atoms with Crippen molar-refractivity contribution in [3.8, 4) is 0 Å². The van der Waals surface area contributed by atoms with E-state index in [1.807, 2.05) is 25.3 Å². The Kier molecular flexibility index (Phi) is 3.06. The molecule has 1 aromatic heterocycles. The average molecular weight is 183 g/mol. The quantitative estimate of drug-likeness (QED) is 0.712. The van der Waals surface area contributed by atoms with Crippen molar-refractivity contribution in [1.29, 1.82) is 0 Å². The van der Waals surface area contributed by atoms with Gasteiger partial charge in [0.05, 0.1) is 24.7 Å². The minimum absolute atomic E-state index is 0.0499. The van der Waals surface area contributed by atoms with Crippen molar-refractivity contribution in [3.05, 3.63) is 17.7 Å². The lowest BCUT2D eigenvalue weighted by Gasteiger charge is -2.21. The number of nitrogens with two attached hydrogens (primary N) is 1. The summed E-state index contributed by atoms with van der Waals surface area (Å²) in [5.41, 5.74) is 7.80. The molecule has 2 atom stereocenters. The molecule has 0 amide bonds. The van der Waals surface area contributed by atoms with Crippen molar-refractivity contribution < 1.29 is 5.11 Å². The number of aromatic nitrogens is 2. The monoisotopic (exact) mass is 183 g/mol. The van der Waals surface area contributed by atoms with E-state index in [9.17, 15) is 0 Å². The van der Waals surface area contributed by atoms with Crippen molar-refractivity contribution in [1.82, 2.24) is 9.55 Å². The van der Waals surface area contributed by atoms with E-state index in [2.05, 4.69) is 4.98 Å². The predicted molar refractivity (Wildman–Crippen MR) is 51.5 cm³/mol. The zero-order valence-corrected chi connectivity index (χ0v) is 8.36. The van der Waals surface area contributed by atoms with Crippen LogP contribution in [0.4, 0.5) is 0 Å². The second-order valence-corrected chi connectivity index (χ2v) is 3.43. The van der Waals surface area contributed by atoms with Crippen LogP contribution in [-0.4, -0.2) is 27.3 Å². The molecule has 13 heavy (non-hydrogen) atoms. The van der Waals surface area contributed by atoms with E-state index in [1.165, 1.54) is 0 Å². The highest BCUT2D eigenvalue weighted by Crippen LogP contribution is 2.14. The fraction of sp³-hybridized carbons (Fsp3) is 0.667. The van der Waals surface area contributed by atoms with Gasteiger partial charge in [0.2, 0.25) is 0 Å². The fourth-order valence-corrected chi connectivity index (χ4v) is 1.36. The van der Waals surface area contributed by atoms with Crippen LogP contribution in [0.15, 0.2) is 6.33 Å². The molecule has 0 saturated carbocycles. The molecule has 74 valence electrons. The van der Waals surface area contributed by atoms with Gasteiger partial charge in [0.1, 0.15) is 0 Å². The van der Waals surface area contributed by atoms with Gasteiger partial charge in [-0.15, -0.1) is 0 Å². The van der Waals surface area contributed by atoms with E-state index in [0.717, 1.165) is 11.4 Å². The molecule has 0 aliphatic heterocycles. The van der Waals surface area contributed by atoms with Gasteiger partial charge in [-0.25, -0.2) is 4.98 Å². The summed E-state index contributed by atoms with van der Waals surface area (Å²) in [7, 11) is 0. The van der Waals surface area contributed by atoms with E-state index in [4.69, 9.17) is 10.8 Å². The summed E-state index contributed by atoms with van der Waals surface area (Å²) < 4.78 is 1.93. The van der Waals surface area contributed by atoms with Crippen LogP contribution >= 0.6 is 0 Å².